The van der Waals surface area contributed by atoms with E-state index in [1.54, 1.807) is 11.3 Å². The summed E-state index contributed by atoms with van der Waals surface area (Å²) in [7, 11) is 0. The molecule has 0 spiro atoms. The van der Waals surface area contributed by atoms with Crippen LogP contribution in [0.3, 0.4) is 0 Å². The van der Waals surface area contributed by atoms with Crippen molar-refractivity contribution in [3.05, 3.63) is 21.9 Å². The van der Waals surface area contributed by atoms with E-state index >= 15 is 0 Å². The third-order valence-electron chi connectivity index (χ3n) is 2.59. The van der Waals surface area contributed by atoms with Crippen molar-refractivity contribution in [2.45, 2.75) is 32.4 Å². The molecule has 0 aromatic carbocycles. The molecule has 1 heterocycles. The summed E-state index contributed by atoms with van der Waals surface area (Å²) in [5.41, 5.74) is 2.86. The van der Waals surface area contributed by atoms with Crippen LogP contribution in [-0.4, -0.2) is 19.1 Å². The molecule has 1 aliphatic rings. The predicted octanol–water partition coefficient (Wildman–Crippen LogP) is 1.90. The third kappa shape index (κ3) is 3.08. The van der Waals surface area contributed by atoms with Crippen LogP contribution >= 0.6 is 11.3 Å². The number of rotatable bonds is 6. The van der Waals surface area contributed by atoms with E-state index in [9.17, 15) is 0 Å². The fourth-order valence-electron chi connectivity index (χ4n) is 1.44. The maximum atomic E-state index is 3.49. The maximum Gasteiger partial charge on any atom is 0.0216 e. The standard InChI is InChI=1S/C11H18N2S/c1-9-7-14-8-10(9)6-12-4-5-13-11-2-3-11/h7-8,11-13H,2-6H2,1H3. The summed E-state index contributed by atoms with van der Waals surface area (Å²) >= 11 is 1.79. The molecule has 3 heteroatoms. The summed E-state index contributed by atoms with van der Waals surface area (Å²) in [6, 6.07) is 0.833. The Morgan fingerprint density at radius 1 is 1.36 bits per heavy atom. The SMILES string of the molecule is Cc1cscc1CNCCNC1CC1. The van der Waals surface area contributed by atoms with Crippen LogP contribution in [0.4, 0.5) is 0 Å². The highest BCUT2D eigenvalue weighted by atomic mass is 32.1. The molecule has 0 atom stereocenters. The lowest BCUT2D eigenvalue weighted by Crippen LogP contribution is -2.28. The van der Waals surface area contributed by atoms with Crippen molar-refractivity contribution in [3.63, 3.8) is 0 Å². The Bertz CT molecular complexity index is 279. The first-order valence-electron chi connectivity index (χ1n) is 5.32. The Morgan fingerprint density at radius 3 is 2.86 bits per heavy atom. The Kier molecular flexibility index (Phi) is 3.56. The van der Waals surface area contributed by atoms with Crippen LogP contribution in [0.25, 0.3) is 0 Å². The molecule has 0 amide bonds. The van der Waals surface area contributed by atoms with Crippen molar-refractivity contribution in [2.75, 3.05) is 13.1 Å². The van der Waals surface area contributed by atoms with Gasteiger partial charge < -0.3 is 10.6 Å². The molecule has 1 aliphatic carbocycles. The van der Waals surface area contributed by atoms with Crippen LogP contribution in [0.2, 0.25) is 0 Å². The quantitative estimate of drug-likeness (QED) is 0.701. The number of aryl methyl sites for hydroxylation is 1. The van der Waals surface area contributed by atoms with Crippen LogP contribution in [0.15, 0.2) is 10.8 Å². The molecular weight excluding hydrogens is 192 g/mol. The summed E-state index contributed by atoms with van der Waals surface area (Å²) < 4.78 is 0. The summed E-state index contributed by atoms with van der Waals surface area (Å²) in [5, 5.41) is 11.4. The van der Waals surface area contributed by atoms with Crippen LogP contribution in [0, 0.1) is 6.92 Å². The molecular formula is C11H18N2S. The van der Waals surface area contributed by atoms with E-state index in [1.165, 1.54) is 24.0 Å². The van der Waals surface area contributed by atoms with Crippen molar-refractivity contribution in [3.8, 4) is 0 Å². The van der Waals surface area contributed by atoms with E-state index in [0.29, 0.717) is 0 Å². The van der Waals surface area contributed by atoms with E-state index in [0.717, 1.165) is 25.7 Å². The van der Waals surface area contributed by atoms with Crippen molar-refractivity contribution in [2.24, 2.45) is 0 Å². The summed E-state index contributed by atoms with van der Waals surface area (Å²) in [4.78, 5) is 0. The summed E-state index contributed by atoms with van der Waals surface area (Å²) in [6.45, 7) is 5.37. The average molecular weight is 210 g/mol. The van der Waals surface area contributed by atoms with Gasteiger partial charge in [-0.25, -0.2) is 0 Å². The average Bonchev–Trinajstić information content (AvgIpc) is 2.91. The van der Waals surface area contributed by atoms with Gasteiger partial charge in [0.15, 0.2) is 0 Å². The van der Waals surface area contributed by atoms with Gasteiger partial charge in [-0.1, -0.05) is 0 Å². The van der Waals surface area contributed by atoms with Crippen LogP contribution in [0.1, 0.15) is 24.0 Å². The van der Waals surface area contributed by atoms with Gasteiger partial charge in [-0.2, -0.15) is 11.3 Å². The van der Waals surface area contributed by atoms with Crippen molar-refractivity contribution in [1.29, 1.82) is 0 Å². The lowest BCUT2D eigenvalue weighted by atomic mass is 10.2. The minimum Gasteiger partial charge on any atom is -0.313 e. The zero-order chi connectivity index (χ0) is 9.80. The number of nitrogens with one attached hydrogen (secondary N) is 2. The summed E-state index contributed by atoms with van der Waals surface area (Å²) in [5.74, 6) is 0. The van der Waals surface area contributed by atoms with Gasteiger partial charge in [0.25, 0.3) is 0 Å². The van der Waals surface area contributed by atoms with Crippen molar-refractivity contribution >= 4 is 11.3 Å². The van der Waals surface area contributed by atoms with Gasteiger partial charge in [0.2, 0.25) is 0 Å². The van der Waals surface area contributed by atoms with Gasteiger partial charge in [0, 0.05) is 25.7 Å². The summed E-state index contributed by atoms with van der Waals surface area (Å²) in [6.07, 6.45) is 2.76. The smallest absolute Gasteiger partial charge is 0.0216 e. The van der Waals surface area contributed by atoms with Gasteiger partial charge in [-0.05, 0) is 41.7 Å². The monoisotopic (exact) mass is 210 g/mol. The number of hydrogen-bond acceptors (Lipinski definition) is 3. The minimum absolute atomic E-state index is 0.833. The Balaban J connectivity index is 1.56. The lowest BCUT2D eigenvalue weighted by molar-refractivity contribution is 0.608. The first-order chi connectivity index (χ1) is 6.86. The Labute approximate surface area is 89.7 Å². The van der Waals surface area contributed by atoms with Gasteiger partial charge in [-0.3, -0.25) is 0 Å². The maximum absolute atomic E-state index is 3.49. The molecule has 14 heavy (non-hydrogen) atoms. The van der Waals surface area contributed by atoms with Crippen LogP contribution < -0.4 is 10.6 Å². The molecule has 0 unspecified atom stereocenters. The van der Waals surface area contributed by atoms with Crippen LogP contribution in [0.5, 0.6) is 0 Å². The zero-order valence-electron chi connectivity index (χ0n) is 8.68. The molecule has 1 fully saturated rings. The molecule has 0 saturated heterocycles. The second-order valence-electron chi connectivity index (χ2n) is 3.99. The highest BCUT2D eigenvalue weighted by Crippen LogP contribution is 2.17. The highest BCUT2D eigenvalue weighted by Gasteiger charge is 2.19. The molecule has 1 aromatic heterocycles. The topological polar surface area (TPSA) is 24.1 Å². The normalized spacial score (nSPS) is 16.1. The fourth-order valence-corrected chi connectivity index (χ4v) is 2.30. The Hall–Kier alpha value is -0.380. The molecule has 0 bridgehead atoms. The van der Waals surface area contributed by atoms with Gasteiger partial charge >= 0.3 is 0 Å². The second kappa shape index (κ2) is 4.91. The largest absolute Gasteiger partial charge is 0.313 e. The van der Waals surface area contributed by atoms with Crippen LogP contribution in [-0.2, 0) is 6.54 Å². The van der Waals surface area contributed by atoms with Gasteiger partial charge in [0.05, 0.1) is 0 Å². The number of thiophene rings is 1. The van der Waals surface area contributed by atoms with E-state index < -0.39 is 0 Å². The highest BCUT2D eigenvalue weighted by molar-refractivity contribution is 7.08. The first kappa shape index (κ1) is 10.1. The Morgan fingerprint density at radius 2 is 2.21 bits per heavy atom. The molecule has 1 saturated carbocycles. The lowest BCUT2D eigenvalue weighted by Gasteiger charge is -2.05. The van der Waals surface area contributed by atoms with Crippen molar-refractivity contribution < 1.29 is 0 Å². The fraction of sp³-hybridized carbons (Fsp3) is 0.636. The molecule has 2 nitrogen and oxygen atoms in total. The molecule has 0 radical (unpaired) electrons. The first-order valence-corrected chi connectivity index (χ1v) is 6.26. The van der Waals surface area contributed by atoms with E-state index in [1.807, 2.05) is 0 Å². The van der Waals surface area contributed by atoms with E-state index in [4.69, 9.17) is 0 Å². The zero-order valence-corrected chi connectivity index (χ0v) is 9.49. The van der Waals surface area contributed by atoms with Gasteiger partial charge in [-0.15, -0.1) is 0 Å². The second-order valence-corrected chi connectivity index (χ2v) is 4.73. The molecule has 1 aromatic rings. The minimum atomic E-state index is 0.833. The molecule has 2 rings (SSSR count). The molecule has 0 aliphatic heterocycles. The molecule has 2 N–H and O–H groups in total. The molecule has 78 valence electrons. The van der Waals surface area contributed by atoms with E-state index in [-0.39, 0.29) is 0 Å². The predicted molar refractivity (Wildman–Crippen MR) is 61.8 cm³/mol. The number of hydrogen-bond donors (Lipinski definition) is 2. The third-order valence-corrected chi connectivity index (χ3v) is 3.50. The van der Waals surface area contributed by atoms with E-state index in [2.05, 4.69) is 28.3 Å². The van der Waals surface area contributed by atoms with Gasteiger partial charge in [0.1, 0.15) is 0 Å². The van der Waals surface area contributed by atoms with Crippen molar-refractivity contribution in [1.82, 2.24) is 10.6 Å².